The minimum Gasteiger partial charge on any atom is -0.364 e. The van der Waals surface area contributed by atoms with Crippen molar-refractivity contribution in [3.8, 4) is 11.1 Å². The summed E-state index contributed by atoms with van der Waals surface area (Å²) in [5, 5.41) is 10.7. The van der Waals surface area contributed by atoms with Crippen LogP contribution >= 0.6 is 11.3 Å². The molecule has 108 valence electrons. The van der Waals surface area contributed by atoms with Crippen LogP contribution in [0.4, 0.5) is 11.4 Å². The number of nitrogens with one attached hydrogen (secondary N) is 2. The van der Waals surface area contributed by atoms with Gasteiger partial charge < -0.3 is 15.5 Å². The molecule has 4 nitrogen and oxygen atoms in total. The molecule has 0 spiro atoms. The first-order valence-corrected chi connectivity index (χ1v) is 8.19. The zero-order valence-corrected chi connectivity index (χ0v) is 12.5. The molecule has 1 amide bonds. The molecule has 5 heteroatoms. The van der Waals surface area contributed by atoms with E-state index >= 15 is 0 Å². The highest BCUT2D eigenvalue weighted by atomic mass is 32.1. The summed E-state index contributed by atoms with van der Waals surface area (Å²) in [4.78, 5) is 14.4. The first-order chi connectivity index (χ1) is 10.3. The number of amides is 1. The van der Waals surface area contributed by atoms with E-state index in [0.717, 1.165) is 31.0 Å². The molecule has 0 bridgehead atoms. The van der Waals surface area contributed by atoms with E-state index in [1.165, 1.54) is 11.1 Å². The van der Waals surface area contributed by atoms with Crippen molar-refractivity contribution in [2.75, 3.05) is 29.9 Å². The number of thiophene rings is 1. The molecule has 1 atom stereocenters. The molecule has 0 radical (unpaired) electrons. The van der Waals surface area contributed by atoms with Crippen molar-refractivity contribution < 1.29 is 4.79 Å². The van der Waals surface area contributed by atoms with E-state index in [0.29, 0.717) is 6.42 Å². The van der Waals surface area contributed by atoms with Gasteiger partial charge >= 0.3 is 0 Å². The maximum Gasteiger partial charge on any atom is 0.226 e. The van der Waals surface area contributed by atoms with Crippen molar-refractivity contribution in [2.45, 2.75) is 12.5 Å². The Morgan fingerprint density at radius 2 is 2.19 bits per heavy atom. The van der Waals surface area contributed by atoms with Gasteiger partial charge in [-0.05, 0) is 40.1 Å². The highest BCUT2D eigenvalue weighted by Crippen LogP contribution is 2.36. The van der Waals surface area contributed by atoms with Crippen molar-refractivity contribution in [3.63, 3.8) is 0 Å². The molecule has 2 aromatic rings. The molecule has 4 rings (SSSR count). The first-order valence-electron chi connectivity index (χ1n) is 7.25. The minimum atomic E-state index is 0.107. The molecule has 1 fully saturated rings. The molecular weight excluding hydrogens is 282 g/mol. The Morgan fingerprint density at radius 1 is 1.24 bits per heavy atom. The Balaban J connectivity index is 1.80. The number of hydrogen-bond donors (Lipinski definition) is 2. The average molecular weight is 299 g/mol. The molecule has 3 heterocycles. The van der Waals surface area contributed by atoms with Crippen LogP contribution in [0, 0.1) is 0 Å². The third kappa shape index (κ3) is 2.32. The van der Waals surface area contributed by atoms with Gasteiger partial charge in [-0.2, -0.15) is 11.3 Å². The van der Waals surface area contributed by atoms with E-state index in [1.807, 2.05) is 6.07 Å². The highest BCUT2D eigenvalue weighted by Gasteiger charge is 2.30. The van der Waals surface area contributed by atoms with Gasteiger partial charge in [-0.15, -0.1) is 0 Å². The number of carbonyl (C=O) groups is 1. The normalized spacial score (nSPS) is 21.2. The number of piperazine rings is 1. The molecule has 0 aliphatic carbocycles. The van der Waals surface area contributed by atoms with Crippen molar-refractivity contribution in [1.29, 1.82) is 0 Å². The van der Waals surface area contributed by atoms with Gasteiger partial charge in [0.15, 0.2) is 0 Å². The molecule has 1 saturated heterocycles. The fourth-order valence-electron chi connectivity index (χ4n) is 3.16. The van der Waals surface area contributed by atoms with E-state index < -0.39 is 0 Å². The Kier molecular flexibility index (Phi) is 3.16. The molecular formula is C16H17N3OS. The predicted molar refractivity (Wildman–Crippen MR) is 87.0 cm³/mol. The second-order valence-corrected chi connectivity index (χ2v) is 6.33. The fourth-order valence-corrected chi connectivity index (χ4v) is 3.82. The lowest BCUT2D eigenvalue weighted by atomic mass is 10.0. The summed E-state index contributed by atoms with van der Waals surface area (Å²) in [6.45, 7) is 2.78. The van der Waals surface area contributed by atoms with E-state index in [-0.39, 0.29) is 11.9 Å². The van der Waals surface area contributed by atoms with E-state index in [9.17, 15) is 4.79 Å². The van der Waals surface area contributed by atoms with Gasteiger partial charge in [0.1, 0.15) is 0 Å². The number of benzene rings is 1. The molecule has 2 N–H and O–H groups in total. The Morgan fingerprint density at radius 3 is 3.05 bits per heavy atom. The Bertz CT molecular complexity index is 668. The summed E-state index contributed by atoms with van der Waals surface area (Å²) in [5.74, 6) is 0.107. The van der Waals surface area contributed by atoms with Gasteiger partial charge in [0, 0.05) is 26.1 Å². The summed E-state index contributed by atoms with van der Waals surface area (Å²) in [7, 11) is 0. The van der Waals surface area contributed by atoms with Crippen LogP contribution in [0.1, 0.15) is 6.42 Å². The lowest BCUT2D eigenvalue weighted by Gasteiger charge is -2.36. The molecule has 21 heavy (non-hydrogen) atoms. The summed E-state index contributed by atoms with van der Waals surface area (Å²) in [6.07, 6.45) is 0.551. The summed E-state index contributed by atoms with van der Waals surface area (Å²) in [5.41, 5.74) is 4.54. The topological polar surface area (TPSA) is 44.4 Å². The smallest absolute Gasteiger partial charge is 0.226 e. The number of carbonyl (C=O) groups excluding carboxylic acids is 1. The van der Waals surface area contributed by atoms with Gasteiger partial charge in [0.25, 0.3) is 0 Å². The molecule has 2 aliphatic rings. The fraction of sp³-hybridized carbons (Fsp3) is 0.312. The molecule has 2 aliphatic heterocycles. The summed E-state index contributed by atoms with van der Waals surface area (Å²) in [6, 6.07) is 8.71. The number of anilines is 2. The quantitative estimate of drug-likeness (QED) is 0.850. The van der Waals surface area contributed by atoms with Crippen LogP contribution < -0.4 is 15.5 Å². The van der Waals surface area contributed by atoms with Crippen LogP contribution in [0.15, 0.2) is 35.0 Å². The van der Waals surface area contributed by atoms with Crippen LogP contribution in [-0.4, -0.2) is 31.6 Å². The SMILES string of the molecule is O=C1CC2CNCCN2c2cc(-c3ccsc3)ccc2N1. The second kappa shape index (κ2) is 5.16. The van der Waals surface area contributed by atoms with Crippen molar-refractivity contribution in [2.24, 2.45) is 0 Å². The lowest BCUT2D eigenvalue weighted by Crippen LogP contribution is -2.51. The average Bonchev–Trinajstić information content (AvgIpc) is 2.98. The summed E-state index contributed by atoms with van der Waals surface area (Å²) >= 11 is 1.71. The van der Waals surface area contributed by atoms with Gasteiger partial charge in [-0.3, -0.25) is 4.79 Å². The number of fused-ring (bicyclic) bond motifs is 3. The largest absolute Gasteiger partial charge is 0.364 e. The van der Waals surface area contributed by atoms with E-state index in [4.69, 9.17) is 0 Å². The minimum absolute atomic E-state index is 0.107. The number of hydrogen-bond acceptors (Lipinski definition) is 4. The maximum atomic E-state index is 12.1. The van der Waals surface area contributed by atoms with Gasteiger partial charge in [-0.1, -0.05) is 6.07 Å². The zero-order chi connectivity index (χ0) is 14.2. The standard InChI is InChI=1S/C16H17N3OS/c20-16-8-13-9-17-4-5-19(13)15-7-11(1-2-14(15)18-16)12-3-6-21-10-12/h1-3,6-7,10,13,17H,4-5,8-9H2,(H,18,20). The van der Waals surface area contributed by atoms with Gasteiger partial charge in [-0.25, -0.2) is 0 Å². The summed E-state index contributed by atoms with van der Waals surface area (Å²) < 4.78 is 0. The number of rotatable bonds is 1. The maximum absolute atomic E-state index is 12.1. The van der Waals surface area contributed by atoms with Crippen LogP contribution in [0.3, 0.4) is 0 Å². The van der Waals surface area contributed by atoms with E-state index in [2.05, 4.69) is 44.5 Å². The number of nitrogens with zero attached hydrogens (tertiary/aromatic N) is 1. The molecule has 1 aromatic heterocycles. The van der Waals surface area contributed by atoms with Crippen LogP contribution in [0.5, 0.6) is 0 Å². The molecule has 1 unspecified atom stereocenters. The predicted octanol–water partition coefficient (Wildman–Crippen LogP) is 2.54. The monoisotopic (exact) mass is 299 g/mol. The highest BCUT2D eigenvalue weighted by molar-refractivity contribution is 7.08. The van der Waals surface area contributed by atoms with Crippen LogP contribution in [0.25, 0.3) is 11.1 Å². The third-order valence-corrected chi connectivity index (χ3v) is 4.89. The van der Waals surface area contributed by atoms with Crippen LogP contribution in [-0.2, 0) is 4.79 Å². The Hall–Kier alpha value is -1.85. The molecule has 0 saturated carbocycles. The van der Waals surface area contributed by atoms with E-state index in [1.54, 1.807) is 11.3 Å². The molecule has 1 aromatic carbocycles. The van der Waals surface area contributed by atoms with Crippen molar-refractivity contribution in [3.05, 3.63) is 35.0 Å². The second-order valence-electron chi connectivity index (χ2n) is 5.55. The third-order valence-electron chi connectivity index (χ3n) is 4.21. The van der Waals surface area contributed by atoms with Crippen LogP contribution in [0.2, 0.25) is 0 Å². The Labute approximate surface area is 127 Å². The zero-order valence-electron chi connectivity index (χ0n) is 11.6. The van der Waals surface area contributed by atoms with Gasteiger partial charge in [0.05, 0.1) is 17.4 Å². The van der Waals surface area contributed by atoms with Crippen molar-refractivity contribution in [1.82, 2.24) is 5.32 Å². The van der Waals surface area contributed by atoms with Gasteiger partial charge in [0.2, 0.25) is 5.91 Å². The lowest BCUT2D eigenvalue weighted by molar-refractivity contribution is -0.116. The van der Waals surface area contributed by atoms with Crippen molar-refractivity contribution >= 4 is 28.6 Å². The first kappa shape index (κ1) is 12.9.